The van der Waals surface area contributed by atoms with Gasteiger partial charge in [-0.25, -0.2) is 4.98 Å². The molecule has 3 aromatic rings. The zero-order valence-electron chi connectivity index (χ0n) is 12.7. The van der Waals surface area contributed by atoms with Gasteiger partial charge in [-0.3, -0.25) is 4.79 Å². The average Bonchev–Trinajstić information content (AvgIpc) is 3.00. The van der Waals surface area contributed by atoms with Crippen LogP contribution in [0, 0.1) is 0 Å². The van der Waals surface area contributed by atoms with E-state index in [2.05, 4.69) is 10.3 Å². The van der Waals surface area contributed by atoms with E-state index in [9.17, 15) is 4.79 Å². The van der Waals surface area contributed by atoms with Crippen molar-refractivity contribution < 1.29 is 9.90 Å². The Labute approximate surface area is 138 Å². The van der Waals surface area contributed by atoms with Crippen molar-refractivity contribution in [2.24, 2.45) is 0 Å². The third kappa shape index (κ3) is 3.49. The van der Waals surface area contributed by atoms with E-state index in [-0.39, 0.29) is 12.5 Å². The lowest BCUT2D eigenvalue weighted by molar-refractivity contribution is 0.102. The Morgan fingerprint density at radius 3 is 2.65 bits per heavy atom. The van der Waals surface area contributed by atoms with Gasteiger partial charge < -0.3 is 15.3 Å². The lowest BCUT2D eigenvalue weighted by Crippen LogP contribution is -2.21. The fourth-order valence-electron chi connectivity index (χ4n) is 2.23. The van der Waals surface area contributed by atoms with Gasteiger partial charge in [0.2, 0.25) is 0 Å². The highest BCUT2D eigenvalue weighted by Gasteiger charge is 2.12. The number of para-hydroxylation sites is 1. The molecule has 0 fully saturated rings. The maximum absolute atomic E-state index is 12.3. The summed E-state index contributed by atoms with van der Waals surface area (Å²) in [4.78, 5) is 18.6. The molecule has 2 aromatic carbocycles. The predicted molar refractivity (Wildman–Crippen MR) is 94.4 cm³/mol. The molecule has 1 aromatic heterocycles. The van der Waals surface area contributed by atoms with Crippen molar-refractivity contribution in [2.75, 3.05) is 30.4 Å². The SMILES string of the molecule is CN(CCO)c1ccc(NC(=O)c2nc3ccccc3s2)cc1. The minimum absolute atomic E-state index is 0.104. The van der Waals surface area contributed by atoms with Crippen LogP contribution in [0.5, 0.6) is 0 Å². The monoisotopic (exact) mass is 327 g/mol. The first-order valence-corrected chi connectivity index (χ1v) is 8.08. The van der Waals surface area contributed by atoms with Crippen molar-refractivity contribution in [1.29, 1.82) is 0 Å². The van der Waals surface area contributed by atoms with Crippen LogP contribution in [0.3, 0.4) is 0 Å². The van der Waals surface area contributed by atoms with Crippen molar-refractivity contribution in [3.63, 3.8) is 0 Å². The summed E-state index contributed by atoms with van der Waals surface area (Å²) in [5, 5.41) is 12.3. The fraction of sp³-hybridized carbons (Fsp3) is 0.176. The van der Waals surface area contributed by atoms with Gasteiger partial charge in [0.15, 0.2) is 5.01 Å². The van der Waals surface area contributed by atoms with Crippen molar-refractivity contribution in [2.45, 2.75) is 0 Å². The van der Waals surface area contributed by atoms with Crippen molar-refractivity contribution >= 4 is 38.8 Å². The van der Waals surface area contributed by atoms with E-state index >= 15 is 0 Å². The van der Waals surface area contributed by atoms with E-state index in [1.165, 1.54) is 11.3 Å². The van der Waals surface area contributed by atoms with Crippen LogP contribution in [-0.2, 0) is 0 Å². The van der Waals surface area contributed by atoms with Gasteiger partial charge in [0.1, 0.15) is 0 Å². The van der Waals surface area contributed by atoms with E-state index < -0.39 is 0 Å². The molecule has 1 heterocycles. The van der Waals surface area contributed by atoms with Crippen LogP contribution in [0.25, 0.3) is 10.2 Å². The molecular weight excluding hydrogens is 310 g/mol. The summed E-state index contributed by atoms with van der Waals surface area (Å²) in [6.45, 7) is 0.671. The molecule has 118 valence electrons. The van der Waals surface area contributed by atoms with E-state index in [1.54, 1.807) is 0 Å². The number of aliphatic hydroxyl groups is 1. The van der Waals surface area contributed by atoms with E-state index in [0.717, 1.165) is 21.6 Å². The molecule has 5 nitrogen and oxygen atoms in total. The van der Waals surface area contributed by atoms with Gasteiger partial charge >= 0.3 is 0 Å². The van der Waals surface area contributed by atoms with Crippen molar-refractivity contribution in [3.05, 3.63) is 53.5 Å². The summed E-state index contributed by atoms with van der Waals surface area (Å²) in [6.07, 6.45) is 0. The molecule has 0 aliphatic heterocycles. The highest BCUT2D eigenvalue weighted by atomic mass is 32.1. The van der Waals surface area contributed by atoms with Gasteiger partial charge in [-0.1, -0.05) is 12.1 Å². The standard InChI is InChI=1S/C17H17N3O2S/c1-20(10-11-21)13-8-6-12(7-9-13)18-16(22)17-19-14-4-2-3-5-15(14)23-17/h2-9,21H,10-11H2,1H3,(H,18,22). The molecule has 1 amide bonds. The number of benzene rings is 2. The van der Waals surface area contributed by atoms with Crippen molar-refractivity contribution in [1.82, 2.24) is 4.98 Å². The Balaban J connectivity index is 1.72. The van der Waals surface area contributed by atoms with Crippen LogP contribution in [0.4, 0.5) is 11.4 Å². The van der Waals surface area contributed by atoms with Gasteiger partial charge in [0.05, 0.1) is 16.8 Å². The molecule has 0 saturated heterocycles. The summed E-state index contributed by atoms with van der Waals surface area (Å²) < 4.78 is 0.999. The Bertz CT molecular complexity index is 781. The number of anilines is 2. The summed E-state index contributed by atoms with van der Waals surface area (Å²) in [7, 11) is 1.91. The predicted octanol–water partition coefficient (Wildman–Crippen LogP) is 2.98. The number of hydrogen-bond acceptors (Lipinski definition) is 5. The lowest BCUT2D eigenvalue weighted by Gasteiger charge is -2.18. The number of thiazole rings is 1. The number of amides is 1. The first kappa shape index (κ1) is 15.5. The largest absolute Gasteiger partial charge is 0.395 e. The molecular formula is C17H17N3O2S. The minimum atomic E-state index is -0.206. The number of likely N-dealkylation sites (N-methyl/N-ethyl adjacent to an activating group) is 1. The van der Waals surface area contributed by atoms with E-state index in [4.69, 9.17) is 5.11 Å². The Morgan fingerprint density at radius 2 is 1.96 bits per heavy atom. The molecule has 0 unspecified atom stereocenters. The molecule has 0 radical (unpaired) electrons. The first-order chi connectivity index (χ1) is 11.2. The molecule has 2 N–H and O–H groups in total. The second kappa shape index (κ2) is 6.76. The van der Waals surface area contributed by atoms with Gasteiger partial charge in [-0.05, 0) is 36.4 Å². The van der Waals surface area contributed by atoms with Crippen LogP contribution in [-0.4, -0.2) is 36.2 Å². The lowest BCUT2D eigenvalue weighted by atomic mass is 10.2. The molecule has 3 rings (SSSR count). The number of hydrogen-bond donors (Lipinski definition) is 2. The number of carbonyl (C=O) groups excluding carboxylic acids is 1. The zero-order valence-corrected chi connectivity index (χ0v) is 13.5. The smallest absolute Gasteiger partial charge is 0.284 e. The number of fused-ring (bicyclic) bond motifs is 1. The molecule has 0 aliphatic rings. The van der Waals surface area contributed by atoms with Crippen LogP contribution >= 0.6 is 11.3 Å². The summed E-state index contributed by atoms with van der Waals surface area (Å²) >= 11 is 1.38. The quantitative estimate of drug-likeness (QED) is 0.756. The van der Waals surface area contributed by atoms with Crippen LogP contribution in [0.2, 0.25) is 0 Å². The molecule has 0 spiro atoms. The Hall–Kier alpha value is -2.44. The molecule has 0 saturated carbocycles. The summed E-state index contributed by atoms with van der Waals surface area (Å²) in [6, 6.07) is 15.2. The maximum Gasteiger partial charge on any atom is 0.284 e. The van der Waals surface area contributed by atoms with Gasteiger partial charge in [0, 0.05) is 25.0 Å². The van der Waals surface area contributed by atoms with Crippen LogP contribution in [0.1, 0.15) is 9.80 Å². The van der Waals surface area contributed by atoms with Crippen molar-refractivity contribution in [3.8, 4) is 0 Å². The minimum Gasteiger partial charge on any atom is -0.395 e. The second-order valence-electron chi connectivity index (χ2n) is 5.13. The molecule has 6 heteroatoms. The fourth-order valence-corrected chi connectivity index (χ4v) is 3.09. The zero-order chi connectivity index (χ0) is 16.2. The average molecular weight is 327 g/mol. The number of carbonyl (C=O) groups is 1. The third-order valence-corrected chi connectivity index (χ3v) is 4.52. The molecule has 23 heavy (non-hydrogen) atoms. The van der Waals surface area contributed by atoms with Gasteiger partial charge in [-0.15, -0.1) is 11.3 Å². The Kier molecular flexibility index (Phi) is 4.55. The first-order valence-electron chi connectivity index (χ1n) is 7.26. The second-order valence-corrected chi connectivity index (χ2v) is 6.16. The van der Waals surface area contributed by atoms with Gasteiger partial charge in [0.25, 0.3) is 5.91 Å². The summed E-state index contributed by atoms with van der Waals surface area (Å²) in [5.74, 6) is -0.206. The number of rotatable bonds is 5. The highest BCUT2D eigenvalue weighted by Crippen LogP contribution is 2.23. The van der Waals surface area contributed by atoms with E-state index in [1.807, 2.05) is 60.5 Å². The highest BCUT2D eigenvalue weighted by molar-refractivity contribution is 7.20. The van der Waals surface area contributed by atoms with Crippen LogP contribution in [0.15, 0.2) is 48.5 Å². The topological polar surface area (TPSA) is 65.5 Å². The number of nitrogens with one attached hydrogen (secondary N) is 1. The molecule has 0 bridgehead atoms. The summed E-state index contributed by atoms with van der Waals surface area (Å²) in [5.41, 5.74) is 2.54. The molecule has 0 aliphatic carbocycles. The number of aromatic nitrogens is 1. The van der Waals surface area contributed by atoms with Crippen LogP contribution < -0.4 is 10.2 Å². The normalized spacial score (nSPS) is 10.7. The molecule has 0 atom stereocenters. The number of aliphatic hydroxyl groups excluding tert-OH is 1. The maximum atomic E-state index is 12.3. The van der Waals surface area contributed by atoms with Gasteiger partial charge in [-0.2, -0.15) is 0 Å². The third-order valence-electron chi connectivity index (χ3n) is 3.49. The number of nitrogens with zero attached hydrogens (tertiary/aromatic N) is 2. The Morgan fingerprint density at radius 1 is 1.22 bits per heavy atom. The van der Waals surface area contributed by atoms with E-state index in [0.29, 0.717) is 11.6 Å².